The quantitative estimate of drug-likeness (QED) is 0.488. The fourth-order valence-electron chi connectivity index (χ4n) is 2.62. The number of hydrogen-bond acceptors (Lipinski definition) is 4. The van der Waals surface area contributed by atoms with E-state index in [9.17, 15) is 0 Å². The van der Waals surface area contributed by atoms with Gasteiger partial charge in [-0.2, -0.15) is 0 Å². The van der Waals surface area contributed by atoms with Crippen molar-refractivity contribution in [2.45, 2.75) is 13.2 Å². The molecule has 0 spiro atoms. The SMILES string of the molecule is C=C(NOCc1cccc(CONC(=C)c2ccccc2)c1)c1ccccc1. The predicted octanol–water partition coefficient (Wildman–Crippen LogP) is 5.07. The number of hydroxylamine groups is 2. The fraction of sp³-hybridized carbons (Fsp3) is 0.0833. The monoisotopic (exact) mass is 372 g/mol. The van der Waals surface area contributed by atoms with Crippen molar-refractivity contribution in [2.24, 2.45) is 0 Å². The second-order valence-electron chi connectivity index (χ2n) is 6.29. The van der Waals surface area contributed by atoms with Crippen LogP contribution in [-0.2, 0) is 22.9 Å². The third-order valence-electron chi connectivity index (χ3n) is 4.10. The molecule has 0 bridgehead atoms. The molecule has 4 nitrogen and oxygen atoms in total. The van der Waals surface area contributed by atoms with Crippen molar-refractivity contribution in [3.8, 4) is 0 Å². The van der Waals surface area contributed by atoms with Gasteiger partial charge in [0.05, 0.1) is 24.6 Å². The summed E-state index contributed by atoms with van der Waals surface area (Å²) in [5, 5.41) is 0. The molecule has 3 aromatic carbocycles. The summed E-state index contributed by atoms with van der Waals surface area (Å²) in [6, 6.07) is 27.7. The van der Waals surface area contributed by atoms with Gasteiger partial charge in [0.15, 0.2) is 0 Å². The summed E-state index contributed by atoms with van der Waals surface area (Å²) in [7, 11) is 0. The molecule has 0 heterocycles. The summed E-state index contributed by atoms with van der Waals surface area (Å²) in [5.41, 5.74) is 11.3. The molecule has 0 aliphatic heterocycles. The molecule has 0 aliphatic carbocycles. The highest BCUT2D eigenvalue weighted by atomic mass is 16.6. The summed E-state index contributed by atoms with van der Waals surface area (Å²) in [4.78, 5) is 11.1. The third kappa shape index (κ3) is 5.84. The van der Waals surface area contributed by atoms with Gasteiger partial charge in [0.1, 0.15) is 0 Å². The first-order chi connectivity index (χ1) is 13.7. The van der Waals surface area contributed by atoms with E-state index in [1.807, 2.05) is 84.9 Å². The van der Waals surface area contributed by atoms with Crippen LogP contribution in [0.5, 0.6) is 0 Å². The maximum absolute atomic E-state index is 5.57. The second-order valence-corrected chi connectivity index (χ2v) is 6.29. The van der Waals surface area contributed by atoms with Gasteiger partial charge < -0.3 is 0 Å². The summed E-state index contributed by atoms with van der Waals surface area (Å²) in [6.45, 7) is 8.81. The zero-order chi connectivity index (χ0) is 19.6. The molecule has 142 valence electrons. The van der Waals surface area contributed by atoms with Crippen LogP contribution in [0.25, 0.3) is 11.4 Å². The van der Waals surface area contributed by atoms with Gasteiger partial charge in [0.2, 0.25) is 0 Å². The number of nitrogens with one attached hydrogen (secondary N) is 2. The van der Waals surface area contributed by atoms with E-state index in [1.54, 1.807) is 0 Å². The van der Waals surface area contributed by atoms with Crippen LogP contribution in [0.15, 0.2) is 98.1 Å². The lowest BCUT2D eigenvalue weighted by molar-refractivity contribution is 0.0614. The Morgan fingerprint density at radius 3 is 1.46 bits per heavy atom. The molecule has 0 amide bonds. The minimum atomic E-state index is 0.420. The molecule has 0 saturated carbocycles. The van der Waals surface area contributed by atoms with Crippen LogP contribution in [0.1, 0.15) is 22.3 Å². The fourth-order valence-corrected chi connectivity index (χ4v) is 2.62. The van der Waals surface area contributed by atoms with Crippen LogP contribution in [0.2, 0.25) is 0 Å². The first-order valence-corrected chi connectivity index (χ1v) is 9.04. The third-order valence-corrected chi connectivity index (χ3v) is 4.10. The maximum atomic E-state index is 5.57. The van der Waals surface area contributed by atoms with Crippen LogP contribution in [0.3, 0.4) is 0 Å². The van der Waals surface area contributed by atoms with Crippen molar-refractivity contribution in [3.63, 3.8) is 0 Å². The van der Waals surface area contributed by atoms with Crippen LogP contribution < -0.4 is 11.0 Å². The molecule has 0 atom stereocenters. The average Bonchev–Trinajstić information content (AvgIpc) is 2.75. The Hall–Kier alpha value is -3.34. The van der Waals surface area contributed by atoms with Crippen molar-refractivity contribution in [3.05, 3.63) is 120 Å². The minimum absolute atomic E-state index is 0.420. The molecule has 3 rings (SSSR count). The Kier molecular flexibility index (Phi) is 7.01. The average molecular weight is 372 g/mol. The molecule has 3 aromatic rings. The summed E-state index contributed by atoms with van der Waals surface area (Å²) >= 11 is 0. The molecular formula is C24H24N2O2. The molecule has 0 saturated heterocycles. The molecule has 0 aliphatic rings. The lowest BCUT2D eigenvalue weighted by Crippen LogP contribution is -2.13. The molecule has 0 aromatic heterocycles. The van der Waals surface area contributed by atoms with Gasteiger partial charge in [0.25, 0.3) is 0 Å². The number of rotatable bonds is 10. The van der Waals surface area contributed by atoms with Gasteiger partial charge in [-0.1, -0.05) is 98.1 Å². The van der Waals surface area contributed by atoms with Crippen molar-refractivity contribution in [1.82, 2.24) is 11.0 Å². The zero-order valence-corrected chi connectivity index (χ0v) is 15.7. The smallest absolute Gasteiger partial charge is 0.0996 e. The van der Waals surface area contributed by atoms with E-state index in [4.69, 9.17) is 9.68 Å². The van der Waals surface area contributed by atoms with E-state index in [1.165, 1.54) is 0 Å². The second kappa shape index (κ2) is 10.1. The molecule has 2 N–H and O–H groups in total. The molecule has 0 radical (unpaired) electrons. The lowest BCUT2D eigenvalue weighted by Gasteiger charge is -2.12. The first-order valence-electron chi connectivity index (χ1n) is 9.04. The van der Waals surface area contributed by atoms with E-state index in [-0.39, 0.29) is 0 Å². The molecule has 28 heavy (non-hydrogen) atoms. The van der Waals surface area contributed by atoms with Crippen LogP contribution in [0.4, 0.5) is 0 Å². The predicted molar refractivity (Wildman–Crippen MR) is 113 cm³/mol. The van der Waals surface area contributed by atoms with Crippen LogP contribution in [0, 0.1) is 0 Å². The zero-order valence-electron chi connectivity index (χ0n) is 15.7. The molecule has 4 heteroatoms. The Morgan fingerprint density at radius 1 is 0.607 bits per heavy atom. The van der Waals surface area contributed by atoms with Crippen molar-refractivity contribution >= 4 is 11.4 Å². The van der Waals surface area contributed by atoms with Crippen molar-refractivity contribution in [2.75, 3.05) is 0 Å². The first kappa shape index (κ1) is 19.4. The summed E-state index contributed by atoms with van der Waals surface area (Å²) < 4.78 is 0. The topological polar surface area (TPSA) is 42.5 Å². The van der Waals surface area contributed by atoms with E-state index < -0.39 is 0 Å². The van der Waals surface area contributed by atoms with Gasteiger partial charge in [-0.25, -0.2) is 0 Å². The van der Waals surface area contributed by atoms with E-state index in [0.717, 1.165) is 33.6 Å². The standard InChI is InChI=1S/C24H24N2O2/c1-19(23-12-5-3-6-13-23)25-27-17-21-10-9-11-22(16-21)18-28-26-20(2)24-14-7-4-8-15-24/h3-16,25-26H,1-2,17-18H2. The Labute approximate surface area is 166 Å². The summed E-state index contributed by atoms with van der Waals surface area (Å²) in [6.07, 6.45) is 0. The van der Waals surface area contributed by atoms with Gasteiger partial charge in [0, 0.05) is 0 Å². The van der Waals surface area contributed by atoms with Gasteiger partial charge in [-0.15, -0.1) is 0 Å². The maximum Gasteiger partial charge on any atom is 0.0996 e. The van der Waals surface area contributed by atoms with E-state index in [0.29, 0.717) is 13.2 Å². The normalized spacial score (nSPS) is 10.3. The van der Waals surface area contributed by atoms with E-state index in [2.05, 4.69) is 24.1 Å². The van der Waals surface area contributed by atoms with Crippen LogP contribution in [-0.4, -0.2) is 0 Å². The Balaban J connectivity index is 1.43. The lowest BCUT2D eigenvalue weighted by atomic mass is 10.1. The highest BCUT2D eigenvalue weighted by Gasteiger charge is 2.01. The molecule has 0 unspecified atom stereocenters. The van der Waals surface area contributed by atoms with Crippen molar-refractivity contribution < 1.29 is 9.68 Å². The molecule has 0 fully saturated rings. The summed E-state index contributed by atoms with van der Waals surface area (Å²) in [5.74, 6) is 0. The van der Waals surface area contributed by atoms with E-state index >= 15 is 0 Å². The van der Waals surface area contributed by atoms with Gasteiger partial charge in [-0.05, 0) is 22.3 Å². The number of benzene rings is 3. The van der Waals surface area contributed by atoms with Gasteiger partial charge in [-0.3, -0.25) is 20.6 Å². The van der Waals surface area contributed by atoms with Crippen LogP contribution >= 0.6 is 0 Å². The molecular weight excluding hydrogens is 348 g/mol. The highest BCUT2D eigenvalue weighted by Crippen LogP contribution is 2.12. The number of hydrogen-bond donors (Lipinski definition) is 2. The minimum Gasteiger partial charge on any atom is -0.271 e. The Bertz CT molecular complexity index is 835. The Morgan fingerprint density at radius 2 is 1.04 bits per heavy atom. The largest absolute Gasteiger partial charge is 0.271 e. The van der Waals surface area contributed by atoms with Crippen molar-refractivity contribution in [1.29, 1.82) is 0 Å². The van der Waals surface area contributed by atoms with Gasteiger partial charge >= 0.3 is 0 Å². The highest BCUT2D eigenvalue weighted by molar-refractivity contribution is 5.61.